The van der Waals surface area contributed by atoms with Gasteiger partial charge in [-0.1, -0.05) is 18.9 Å². The van der Waals surface area contributed by atoms with Crippen LogP contribution in [0.5, 0.6) is 0 Å². The fourth-order valence-corrected chi connectivity index (χ4v) is 1.63. The van der Waals surface area contributed by atoms with E-state index in [-0.39, 0.29) is 11.7 Å². The van der Waals surface area contributed by atoms with E-state index in [0.717, 1.165) is 5.56 Å². The molecular formula is C10H9FN2OS. The number of carbonyl (C=O) groups excluding carboxylic acids is 1. The molecule has 3 nitrogen and oxygen atoms in total. The Labute approximate surface area is 91.2 Å². The lowest BCUT2D eigenvalue weighted by Crippen LogP contribution is -2.12. The van der Waals surface area contributed by atoms with Crippen LogP contribution in [0.25, 0.3) is 10.9 Å². The number of aryl methyl sites for hydroxylation is 1. The Morgan fingerprint density at radius 2 is 2.27 bits per heavy atom. The molecule has 0 aliphatic heterocycles. The van der Waals surface area contributed by atoms with Crippen molar-refractivity contribution in [3.63, 3.8) is 0 Å². The van der Waals surface area contributed by atoms with E-state index in [4.69, 9.17) is 0 Å². The van der Waals surface area contributed by atoms with Gasteiger partial charge >= 0.3 is 0 Å². The van der Waals surface area contributed by atoms with E-state index in [1.165, 1.54) is 12.1 Å². The molecule has 1 heterocycles. The molecule has 5 heteroatoms. The molecule has 0 bridgehead atoms. The molecule has 0 atom stereocenters. The normalized spacial score (nSPS) is 10.6. The minimum absolute atomic E-state index is 0.299. The maximum absolute atomic E-state index is 13.4. The van der Waals surface area contributed by atoms with Crippen molar-refractivity contribution in [2.45, 2.75) is 6.92 Å². The first-order chi connectivity index (χ1) is 7.13. The number of fused-ring (bicyclic) bond motifs is 1. The first-order valence-electron chi connectivity index (χ1n) is 4.35. The van der Waals surface area contributed by atoms with E-state index in [1.807, 2.05) is 6.92 Å². The average Bonchev–Trinajstić information content (AvgIpc) is 2.68. The Balaban J connectivity index is 2.70. The maximum atomic E-state index is 13.4. The predicted octanol–water partition coefficient (Wildman–Crippen LogP) is 2.19. The number of carbonyl (C=O) groups is 1. The lowest BCUT2D eigenvalue weighted by Gasteiger charge is -1.96. The van der Waals surface area contributed by atoms with Crippen LogP contribution >= 0.6 is 12.8 Å². The van der Waals surface area contributed by atoms with Crippen molar-refractivity contribution in [1.82, 2.24) is 9.71 Å². The zero-order valence-electron chi connectivity index (χ0n) is 7.97. The van der Waals surface area contributed by atoms with Crippen molar-refractivity contribution in [2.75, 3.05) is 0 Å². The highest BCUT2D eigenvalue weighted by atomic mass is 32.1. The molecular weight excluding hydrogens is 215 g/mol. The van der Waals surface area contributed by atoms with Crippen LogP contribution in [0.4, 0.5) is 4.39 Å². The molecule has 1 amide bonds. The van der Waals surface area contributed by atoms with Crippen LogP contribution in [0.15, 0.2) is 18.2 Å². The second-order valence-electron chi connectivity index (χ2n) is 3.28. The van der Waals surface area contributed by atoms with Gasteiger partial charge in [0.2, 0.25) is 0 Å². The molecule has 0 aliphatic carbocycles. The highest BCUT2D eigenvalue weighted by Gasteiger charge is 2.11. The van der Waals surface area contributed by atoms with Crippen LogP contribution in [-0.4, -0.2) is 10.9 Å². The molecule has 0 aliphatic rings. The molecule has 0 fully saturated rings. The van der Waals surface area contributed by atoms with Gasteiger partial charge in [0.15, 0.2) is 0 Å². The van der Waals surface area contributed by atoms with Crippen LogP contribution < -0.4 is 4.72 Å². The summed E-state index contributed by atoms with van der Waals surface area (Å²) in [5.41, 5.74) is 1.83. The Hall–Kier alpha value is -1.49. The van der Waals surface area contributed by atoms with Crippen molar-refractivity contribution in [1.29, 1.82) is 0 Å². The van der Waals surface area contributed by atoms with E-state index < -0.39 is 0 Å². The van der Waals surface area contributed by atoms with Gasteiger partial charge in [0.25, 0.3) is 5.91 Å². The first kappa shape index (κ1) is 10.0. The number of halogens is 1. The summed E-state index contributed by atoms with van der Waals surface area (Å²) < 4.78 is 15.6. The zero-order valence-corrected chi connectivity index (χ0v) is 8.86. The van der Waals surface area contributed by atoms with Crippen molar-refractivity contribution in [2.24, 2.45) is 0 Å². The van der Waals surface area contributed by atoms with Crippen molar-refractivity contribution in [3.05, 3.63) is 35.3 Å². The van der Waals surface area contributed by atoms with E-state index >= 15 is 0 Å². The zero-order chi connectivity index (χ0) is 11.0. The molecule has 0 saturated carbocycles. The second-order valence-corrected chi connectivity index (χ2v) is 3.50. The monoisotopic (exact) mass is 224 g/mol. The Kier molecular flexibility index (Phi) is 2.40. The molecule has 78 valence electrons. The topological polar surface area (TPSA) is 44.9 Å². The largest absolute Gasteiger partial charge is 0.350 e. The fourth-order valence-electron chi connectivity index (χ4n) is 1.51. The van der Waals surface area contributed by atoms with Gasteiger partial charge < -0.3 is 4.98 Å². The third-order valence-corrected chi connectivity index (χ3v) is 2.50. The number of benzene rings is 1. The number of thiol groups is 1. The summed E-state index contributed by atoms with van der Waals surface area (Å²) in [7, 11) is 0. The van der Waals surface area contributed by atoms with Gasteiger partial charge in [0.1, 0.15) is 11.5 Å². The summed E-state index contributed by atoms with van der Waals surface area (Å²) in [6, 6.07) is 4.52. The lowest BCUT2D eigenvalue weighted by atomic mass is 10.1. The first-order valence-corrected chi connectivity index (χ1v) is 4.80. The van der Waals surface area contributed by atoms with Crippen LogP contribution in [0.1, 0.15) is 16.1 Å². The van der Waals surface area contributed by atoms with Gasteiger partial charge in [-0.2, -0.15) is 0 Å². The smallest absolute Gasteiger partial charge is 0.277 e. The number of H-pyrrole nitrogens is 1. The van der Waals surface area contributed by atoms with Gasteiger partial charge in [-0.05, 0) is 24.6 Å². The number of nitrogens with one attached hydrogen (secondary N) is 2. The standard InChI is InChI=1S/C10H9FN2OS/c1-5-2-3-7(11)6-4-8(10(14)13-15)12-9(5)6/h2-4,12,15H,1H3,(H,13,14). The molecule has 1 aromatic heterocycles. The fraction of sp³-hybridized carbons (Fsp3) is 0.100. The van der Waals surface area contributed by atoms with Gasteiger partial charge in [-0.3, -0.25) is 9.52 Å². The Morgan fingerprint density at radius 3 is 2.87 bits per heavy atom. The predicted molar refractivity (Wildman–Crippen MR) is 59.4 cm³/mol. The second kappa shape index (κ2) is 3.58. The van der Waals surface area contributed by atoms with Crippen molar-refractivity contribution >= 4 is 29.6 Å². The Bertz CT molecular complexity index is 496. The van der Waals surface area contributed by atoms with E-state index in [9.17, 15) is 9.18 Å². The van der Waals surface area contributed by atoms with Crippen molar-refractivity contribution in [3.8, 4) is 0 Å². The number of aromatic amines is 1. The van der Waals surface area contributed by atoms with Gasteiger partial charge in [-0.25, -0.2) is 4.39 Å². The number of hydrogen-bond donors (Lipinski definition) is 3. The Morgan fingerprint density at radius 1 is 1.53 bits per heavy atom. The summed E-state index contributed by atoms with van der Waals surface area (Å²) in [6.07, 6.45) is 0. The lowest BCUT2D eigenvalue weighted by molar-refractivity contribution is 0.0981. The molecule has 2 aromatic rings. The number of rotatable bonds is 1. The summed E-state index contributed by atoms with van der Waals surface area (Å²) in [6.45, 7) is 1.85. The van der Waals surface area contributed by atoms with Gasteiger partial charge in [-0.15, -0.1) is 0 Å². The molecule has 1 aromatic carbocycles. The summed E-state index contributed by atoms with van der Waals surface area (Å²) >= 11 is 3.65. The van der Waals surface area contributed by atoms with E-state index in [2.05, 4.69) is 22.5 Å². The highest BCUT2D eigenvalue weighted by molar-refractivity contribution is 7.78. The third-order valence-electron chi connectivity index (χ3n) is 2.30. The van der Waals surface area contributed by atoms with Crippen molar-refractivity contribution < 1.29 is 9.18 Å². The number of hydrogen-bond acceptors (Lipinski definition) is 2. The molecule has 15 heavy (non-hydrogen) atoms. The van der Waals surface area contributed by atoms with Crippen LogP contribution in [0, 0.1) is 12.7 Å². The molecule has 2 N–H and O–H groups in total. The minimum Gasteiger partial charge on any atom is -0.350 e. The van der Waals surface area contributed by atoms with E-state index in [0.29, 0.717) is 16.6 Å². The third kappa shape index (κ3) is 1.59. The molecule has 0 saturated heterocycles. The molecule has 2 rings (SSSR count). The maximum Gasteiger partial charge on any atom is 0.277 e. The molecule has 0 radical (unpaired) electrons. The molecule has 0 unspecified atom stereocenters. The summed E-state index contributed by atoms with van der Waals surface area (Å²) in [4.78, 5) is 14.1. The molecule has 0 spiro atoms. The summed E-state index contributed by atoms with van der Waals surface area (Å²) in [5, 5.41) is 0.418. The minimum atomic E-state index is -0.381. The summed E-state index contributed by atoms with van der Waals surface area (Å²) in [5.74, 6) is -0.724. The van der Waals surface area contributed by atoms with E-state index in [1.54, 1.807) is 6.07 Å². The van der Waals surface area contributed by atoms with Crippen LogP contribution in [-0.2, 0) is 0 Å². The van der Waals surface area contributed by atoms with Crippen LogP contribution in [0.2, 0.25) is 0 Å². The SMILES string of the molecule is Cc1ccc(F)c2cc(C(=O)NS)[nH]c12. The van der Waals surface area contributed by atoms with Gasteiger partial charge in [0.05, 0.1) is 5.52 Å². The van der Waals surface area contributed by atoms with Gasteiger partial charge in [0, 0.05) is 5.39 Å². The number of amides is 1. The van der Waals surface area contributed by atoms with Crippen LogP contribution in [0.3, 0.4) is 0 Å². The number of aromatic nitrogens is 1. The average molecular weight is 224 g/mol. The highest BCUT2D eigenvalue weighted by Crippen LogP contribution is 2.22. The quantitative estimate of drug-likeness (QED) is 0.639.